The Hall–Kier alpha value is -0.610. The Morgan fingerprint density at radius 1 is 1.32 bits per heavy atom. The zero-order chi connectivity index (χ0) is 13.4. The highest BCUT2D eigenvalue weighted by Crippen LogP contribution is 2.37. The van der Waals surface area contributed by atoms with Gasteiger partial charge in [-0.1, -0.05) is 0 Å². The van der Waals surface area contributed by atoms with Gasteiger partial charge in [0.25, 0.3) is 0 Å². The van der Waals surface area contributed by atoms with Gasteiger partial charge in [0.05, 0.1) is 5.69 Å². The van der Waals surface area contributed by atoms with E-state index in [1.807, 2.05) is 6.92 Å². The number of hydrogen-bond acceptors (Lipinski definition) is 3. The maximum atomic E-state index is 4.56. The average Bonchev–Trinajstić information content (AvgIpc) is 2.64. The Balaban J connectivity index is 1.57. The molecule has 3 rings (SSSR count). The van der Waals surface area contributed by atoms with E-state index in [1.165, 1.54) is 25.7 Å². The number of nitrogens with zero attached hydrogens (tertiary/aromatic N) is 2. The smallest absolute Gasteiger partial charge is 0.126 e. The van der Waals surface area contributed by atoms with Gasteiger partial charge in [-0.2, -0.15) is 0 Å². The van der Waals surface area contributed by atoms with Crippen LogP contribution in [-0.4, -0.2) is 35.6 Å². The van der Waals surface area contributed by atoms with E-state index < -0.39 is 0 Å². The maximum Gasteiger partial charge on any atom is 0.126 e. The van der Waals surface area contributed by atoms with Gasteiger partial charge < -0.3 is 10.2 Å². The minimum Gasteiger partial charge on any atom is -0.370 e. The average molecular weight is 324 g/mol. The van der Waals surface area contributed by atoms with Gasteiger partial charge in [-0.3, -0.25) is 0 Å². The van der Waals surface area contributed by atoms with Gasteiger partial charge in [0.1, 0.15) is 5.82 Å². The first-order valence-electron chi connectivity index (χ1n) is 7.22. The van der Waals surface area contributed by atoms with Gasteiger partial charge in [-0.05, 0) is 73.6 Å². The maximum absolute atomic E-state index is 4.56. The Kier molecular flexibility index (Phi) is 3.81. The number of aryl methyl sites for hydroxylation is 1. The fourth-order valence-corrected chi connectivity index (χ4v) is 3.80. The molecule has 0 radical (unpaired) electrons. The van der Waals surface area contributed by atoms with Crippen LogP contribution >= 0.6 is 15.9 Å². The highest BCUT2D eigenvalue weighted by molar-refractivity contribution is 9.10. The molecule has 1 aromatic heterocycles. The van der Waals surface area contributed by atoms with Crippen LogP contribution in [0.25, 0.3) is 0 Å². The van der Waals surface area contributed by atoms with Gasteiger partial charge in [0.15, 0.2) is 0 Å². The molecule has 0 saturated carbocycles. The molecule has 2 atom stereocenters. The van der Waals surface area contributed by atoms with E-state index in [0.717, 1.165) is 40.5 Å². The molecule has 0 amide bonds. The number of aromatic nitrogens is 1. The summed E-state index contributed by atoms with van der Waals surface area (Å²) in [4.78, 5) is 7.15. The van der Waals surface area contributed by atoms with Crippen LogP contribution in [0.1, 0.15) is 31.4 Å². The summed E-state index contributed by atoms with van der Waals surface area (Å²) >= 11 is 3.49. The molecule has 2 fully saturated rings. The molecule has 4 heteroatoms. The van der Waals surface area contributed by atoms with Gasteiger partial charge in [0, 0.05) is 23.1 Å². The first-order chi connectivity index (χ1) is 9.13. The predicted octanol–water partition coefficient (Wildman–Crippen LogP) is 3.44. The first kappa shape index (κ1) is 13.4. The molecule has 3 nitrogen and oxygen atoms in total. The number of piperidine rings is 1. The van der Waals surface area contributed by atoms with Crippen molar-refractivity contribution in [3.05, 3.63) is 22.3 Å². The number of hydrogen-bond donors (Lipinski definition) is 1. The van der Waals surface area contributed by atoms with Gasteiger partial charge >= 0.3 is 0 Å². The van der Waals surface area contributed by atoms with Crippen LogP contribution in [0.15, 0.2) is 16.6 Å². The molecule has 0 aromatic carbocycles. The lowest BCUT2D eigenvalue weighted by Gasteiger charge is -2.36. The van der Waals surface area contributed by atoms with Crippen molar-refractivity contribution in [3.8, 4) is 0 Å². The lowest BCUT2D eigenvalue weighted by Crippen LogP contribution is -2.41. The van der Waals surface area contributed by atoms with E-state index in [1.54, 1.807) is 0 Å². The van der Waals surface area contributed by atoms with Crippen molar-refractivity contribution in [1.82, 2.24) is 9.88 Å². The fourth-order valence-electron chi connectivity index (χ4n) is 3.58. The Labute approximate surface area is 123 Å². The second kappa shape index (κ2) is 5.41. The summed E-state index contributed by atoms with van der Waals surface area (Å²) < 4.78 is 1.08. The summed E-state index contributed by atoms with van der Waals surface area (Å²) in [5, 5.41) is 3.52. The Morgan fingerprint density at radius 3 is 2.63 bits per heavy atom. The van der Waals surface area contributed by atoms with Crippen LogP contribution in [0.3, 0.4) is 0 Å². The fraction of sp³-hybridized carbons (Fsp3) is 0.667. The normalized spacial score (nSPS) is 30.6. The molecule has 19 heavy (non-hydrogen) atoms. The molecule has 2 unspecified atom stereocenters. The molecule has 3 heterocycles. The standard InChI is InChI=1S/C15H22BrN3/c1-10-14(16)5-6-15(18-10)17-9-11-7-12-3-4-13(8-11)19(12)2/h5-6,11-13H,3-4,7-9H2,1-2H3,(H,17,18). The molecule has 2 aliphatic heterocycles. The van der Waals surface area contributed by atoms with Crippen LogP contribution in [-0.2, 0) is 0 Å². The number of anilines is 1. The van der Waals surface area contributed by atoms with Crippen LogP contribution in [0.4, 0.5) is 5.82 Å². The molecular formula is C15H22BrN3. The van der Waals surface area contributed by atoms with Gasteiger partial charge in [-0.15, -0.1) is 0 Å². The third kappa shape index (κ3) is 2.79. The molecule has 0 spiro atoms. The first-order valence-corrected chi connectivity index (χ1v) is 8.01. The van der Waals surface area contributed by atoms with E-state index in [-0.39, 0.29) is 0 Å². The van der Waals surface area contributed by atoms with Crippen LogP contribution in [0.2, 0.25) is 0 Å². The molecule has 2 saturated heterocycles. The van der Waals surface area contributed by atoms with Crippen molar-refractivity contribution in [1.29, 1.82) is 0 Å². The van der Waals surface area contributed by atoms with E-state index >= 15 is 0 Å². The minimum atomic E-state index is 0.805. The highest BCUT2D eigenvalue weighted by atomic mass is 79.9. The largest absolute Gasteiger partial charge is 0.370 e. The van der Waals surface area contributed by atoms with Crippen molar-refractivity contribution in [2.75, 3.05) is 18.9 Å². The number of halogens is 1. The number of fused-ring (bicyclic) bond motifs is 2. The second-order valence-electron chi connectivity index (χ2n) is 6.03. The lowest BCUT2D eigenvalue weighted by atomic mass is 9.91. The second-order valence-corrected chi connectivity index (χ2v) is 6.89. The van der Waals surface area contributed by atoms with E-state index in [9.17, 15) is 0 Å². The lowest BCUT2D eigenvalue weighted by molar-refractivity contribution is 0.139. The molecule has 2 bridgehead atoms. The number of nitrogens with one attached hydrogen (secondary N) is 1. The predicted molar refractivity (Wildman–Crippen MR) is 82.5 cm³/mol. The van der Waals surface area contributed by atoms with Crippen LogP contribution < -0.4 is 5.32 Å². The zero-order valence-electron chi connectivity index (χ0n) is 11.7. The monoisotopic (exact) mass is 323 g/mol. The molecular weight excluding hydrogens is 302 g/mol. The van der Waals surface area contributed by atoms with Gasteiger partial charge in [-0.25, -0.2) is 4.98 Å². The number of rotatable bonds is 3. The van der Waals surface area contributed by atoms with Crippen molar-refractivity contribution < 1.29 is 0 Å². The van der Waals surface area contributed by atoms with Crippen LogP contribution in [0.5, 0.6) is 0 Å². The minimum absolute atomic E-state index is 0.805. The molecule has 1 N–H and O–H groups in total. The Bertz CT molecular complexity index is 449. The SMILES string of the molecule is Cc1nc(NCC2CC3CCC(C2)N3C)ccc1Br. The third-order valence-corrected chi connectivity index (χ3v) is 5.63. The summed E-state index contributed by atoms with van der Waals surface area (Å²) in [6, 6.07) is 5.78. The molecule has 1 aromatic rings. The zero-order valence-corrected chi connectivity index (χ0v) is 13.3. The van der Waals surface area contributed by atoms with Crippen LogP contribution in [0, 0.1) is 12.8 Å². The summed E-state index contributed by atoms with van der Waals surface area (Å²) in [6.07, 6.45) is 5.48. The summed E-state index contributed by atoms with van der Waals surface area (Å²) in [6.45, 7) is 3.10. The third-order valence-electron chi connectivity index (χ3n) is 4.79. The van der Waals surface area contributed by atoms with Crippen molar-refractivity contribution in [3.63, 3.8) is 0 Å². The van der Waals surface area contributed by atoms with Crippen molar-refractivity contribution in [2.24, 2.45) is 5.92 Å². The molecule has 2 aliphatic rings. The summed E-state index contributed by atoms with van der Waals surface area (Å²) in [5.74, 6) is 1.81. The van der Waals surface area contributed by atoms with Gasteiger partial charge in [0.2, 0.25) is 0 Å². The van der Waals surface area contributed by atoms with E-state index in [2.05, 4.69) is 50.3 Å². The Morgan fingerprint density at radius 2 is 2.00 bits per heavy atom. The van der Waals surface area contributed by atoms with E-state index in [0.29, 0.717) is 0 Å². The molecule has 0 aliphatic carbocycles. The summed E-state index contributed by atoms with van der Waals surface area (Å²) in [5.41, 5.74) is 1.05. The highest BCUT2D eigenvalue weighted by Gasteiger charge is 2.38. The number of pyridine rings is 1. The molecule has 104 valence electrons. The van der Waals surface area contributed by atoms with Crippen molar-refractivity contribution in [2.45, 2.75) is 44.7 Å². The quantitative estimate of drug-likeness (QED) is 0.923. The topological polar surface area (TPSA) is 28.2 Å². The van der Waals surface area contributed by atoms with E-state index in [4.69, 9.17) is 0 Å². The van der Waals surface area contributed by atoms with Crippen molar-refractivity contribution >= 4 is 21.7 Å². The summed E-state index contributed by atoms with van der Waals surface area (Å²) in [7, 11) is 2.30.